The molecule has 0 spiro atoms. The first-order valence-corrected chi connectivity index (χ1v) is 6.96. The van der Waals surface area contributed by atoms with Crippen molar-refractivity contribution in [1.82, 2.24) is 0 Å². The molecule has 1 saturated carbocycles. The van der Waals surface area contributed by atoms with E-state index in [1.165, 1.54) is 19.3 Å². The van der Waals surface area contributed by atoms with Gasteiger partial charge in [0.05, 0.1) is 18.0 Å². The highest BCUT2D eigenvalue weighted by molar-refractivity contribution is 5.73. The van der Waals surface area contributed by atoms with Crippen LogP contribution in [0.25, 0.3) is 0 Å². The first kappa shape index (κ1) is 13.1. The van der Waals surface area contributed by atoms with Crippen LogP contribution in [0.4, 0.5) is 11.4 Å². The predicted octanol–water partition coefficient (Wildman–Crippen LogP) is 3.66. The zero-order valence-corrected chi connectivity index (χ0v) is 11.5. The van der Waals surface area contributed by atoms with E-state index in [-0.39, 0.29) is 0 Å². The molecule has 3 N–H and O–H groups in total. The third kappa shape index (κ3) is 2.89. The summed E-state index contributed by atoms with van der Waals surface area (Å²) < 4.78 is 5.64. The van der Waals surface area contributed by atoms with E-state index in [1.807, 2.05) is 18.2 Å². The van der Waals surface area contributed by atoms with E-state index < -0.39 is 0 Å². The average molecular weight is 248 g/mol. The van der Waals surface area contributed by atoms with Gasteiger partial charge in [-0.2, -0.15) is 0 Å². The highest BCUT2D eigenvalue weighted by Crippen LogP contribution is 2.48. The van der Waals surface area contributed by atoms with Gasteiger partial charge in [0, 0.05) is 6.54 Å². The van der Waals surface area contributed by atoms with E-state index in [1.54, 1.807) is 0 Å². The first-order valence-electron chi connectivity index (χ1n) is 6.96. The second kappa shape index (κ2) is 5.51. The maximum atomic E-state index is 6.13. The molecule has 2 rings (SSSR count). The maximum Gasteiger partial charge on any atom is 0.144 e. The van der Waals surface area contributed by atoms with Crippen LogP contribution in [0.15, 0.2) is 18.2 Å². The fourth-order valence-corrected chi connectivity index (χ4v) is 2.15. The quantitative estimate of drug-likeness (QED) is 0.724. The van der Waals surface area contributed by atoms with Crippen molar-refractivity contribution in [3.63, 3.8) is 0 Å². The number of nitrogen functional groups attached to an aromatic ring is 1. The number of rotatable bonds is 7. The molecule has 0 unspecified atom stereocenters. The molecule has 3 heteroatoms. The van der Waals surface area contributed by atoms with Gasteiger partial charge in [-0.05, 0) is 43.2 Å². The molecule has 0 atom stereocenters. The number of para-hydroxylation sites is 1. The lowest BCUT2D eigenvalue weighted by molar-refractivity contribution is 0.319. The summed E-state index contributed by atoms with van der Waals surface area (Å²) in [6.07, 6.45) is 4.91. The smallest absolute Gasteiger partial charge is 0.144 e. The number of nitrogens with two attached hydrogens (primary N) is 1. The zero-order valence-electron chi connectivity index (χ0n) is 11.5. The fraction of sp³-hybridized carbons (Fsp3) is 0.600. The Kier molecular flexibility index (Phi) is 4.00. The van der Waals surface area contributed by atoms with Crippen LogP contribution in [-0.4, -0.2) is 13.2 Å². The topological polar surface area (TPSA) is 47.3 Å². The highest BCUT2D eigenvalue weighted by Gasteiger charge is 2.40. The van der Waals surface area contributed by atoms with Crippen molar-refractivity contribution >= 4 is 11.4 Å². The van der Waals surface area contributed by atoms with E-state index in [0.29, 0.717) is 12.0 Å². The lowest BCUT2D eigenvalue weighted by atomic mass is 10.0. The summed E-state index contributed by atoms with van der Waals surface area (Å²) in [7, 11) is 0. The number of benzene rings is 1. The molecule has 0 bridgehead atoms. The Morgan fingerprint density at radius 1 is 1.33 bits per heavy atom. The summed E-state index contributed by atoms with van der Waals surface area (Å²) in [4.78, 5) is 0. The molecule has 0 heterocycles. The molecule has 1 fully saturated rings. The van der Waals surface area contributed by atoms with E-state index in [0.717, 1.165) is 30.1 Å². The fourth-order valence-electron chi connectivity index (χ4n) is 2.15. The molecule has 0 aliphatic heterocycles. The first-order chi connectivity index (χ1) is 8.71. The summed E-state index contributed by atoms with van der Waals surface area (Å²) in [5.41, 5.74) is 8.39. The summed E-state index contributed by atoms with van der Waals surface area (Å²) in [5.74, 6) is 0.795. The SMILES string of the molecule is CCCOc1cccc(NCC2(CC)CC2)c1N. The van der Waals surface area contributed by atoms with E-state index >= 15 is 0 Å². The van der Waals surface area contributed by atoms with Crippen molar-refractivity contribution in [3.8, 4) is 5.75 Å². The minimum atomic E-state index is 0.521. The summed E-state index contributed by atoms with van der Waals surface area (Å²) in [6.45, 7) is 6.09. The molecule has 0 saturated heterocycles. The van der Waals surface area contributed by atoms with Crippen LogP contribution in [0.2, 0.25) is 0 Å². The monoisotopic (exact) mass is 248 g/mol. The minimum Gasteiger partial charge on any atom is -0.491 e. The van der Waals surface area contributed by atoms with Gasteiger partial charge in [0.1, 0.15) is 5.75 Å². The van der Waals surface area contributed by atoms with Crippen LogP contribution in [0.5, 0.6) is 5.75 Å². The van der Waals surface area contributed by atoms with Crippen LogP contribution in [-0.2, 0) is 0 Å². The van der Waals surface area contributed by atoms with Crippen molar-refractivity contribution in [2.75, 3.05) is 24.2 Å². The lowest BCUT2D eigenvalue weighted by Gasteiger charge is -2.17. The molecule has 0 radical (unpaired) electrons. The number of hydrogen-bond acceptors (Lipinski definition) is 3. The largest absolute Gasteiger partial charge is 0.491 e. The molecule has 3 nitrogen and oxygen atoms in total. The molecule has 18 heavy (non-hydrogen) atoms. The Bertz CT molecular complexity index is 399. The number of anilines is 2. The second-order valence-corrected chi connectivity index (χ2v) is 5.27. The van der Waals surface area contributed by atoms with Crippen molar-refractivity contribution < 1.29 is 4.74 Å². The van der Waals surface area contributed by atoms with Crippen LogP contribution in [0, 0.1) is 5.41 Å². The molecular weight excluding hydrogens is 224 g/mol. The molecule has 1 aromatic rings. The number of hydrogen-bond donors (Lipinski definition) is 2. The van der Waals surface area contributed by atoms with Crippen molar-refractivity contribution in [1.29, 1.82) is 0 Å². The molecule has 1 aliphatic rings. The van der Waals surface area contributed by atoms with Crippen LogP contribution >= 0.6 is 0 Å². The molecule has 0 amide bonds. The third-order valence-electron chi connectivity index (χ3n) is 3.89. The molecular formula is C15H24N2O. The summed E-state index contributed by atoms with van der Waals surface area (Å²) in [5, 5.41) is 3.48. The Labute approximate surface area is 110 Å². The van der Waals surface area contributed by atoms with Gasteiger partial charge in [-0.1, -0.05) is 19.9 Å². The lowest BCUT2D eigenvalue weighted by Crippen LogP contribution is -2.15. The Hall–Kier alpha value is -1.38. The van der Waals surface area contributed by atoms with Gasteiger partial charge >= 0.3 is 0 Å². The second-order valence-electron chi connectivity index (χ2n) is 5.27. The molecule has 1 aliphatic carbocycles. The Morgan fingerprint density at radius 3 is 2.72 bits per heavy atom. The highest BCUT2D eigenvalue weighted by atomic mass is 16.5. The van der Waals surface area contributed by atoms with Gasteiger partial charge in [-0.15, -0.1) is 0 Å². The third-order valence-corrected chi connectivity index (χ3v) is 3.89. The van der Waals surface area contributed by atoms with Crippen LogP contribution < -0.4 is 15.8 Å². The van der Waals surface area contributed by atoms with Gasteiger partial charge in [-0.25, -0.2) is 0 Å². The van der Waals surface area contributed by atoms with Gasteiger partial charge in [0.2, 0.25) is 0 Å². The van der Waals surface area contributed by atoms with Crippen LogP contribution in [0.3, 0.4) is 0 Å². The zero-order chi connectivity index (χ0) is 13.0. The summed E-state index contributed by atoms with van der Waals surface area (Å²) >= 11 is 0. The molecule has 1 aromatic carbocycles. The van der Waals surface area contributed by atoms with Gasteiger partial charge in [0.25, 0.3) is 0 Å². The predicted molar refractivity (Wildman–Crippen MR) is 77.1 cm³/mol. The summed E-state index contributed by atoms with van der Waals surface area (Å²) in [6, 6.07) is 5.96. The van der Waals surface area contributed by atoms with Gasteiger partial charge < -0.3 is 15.8 Å². The maximum absolute atomic E-state index is 6.13. The van der Waals surface area contributed by atoms with Crippen molar-refractivity contribution in [2.24, 2.45) is 5.41 Å². The minimum absolute atomic E-state index is 0.521. The van der Waals surface area contributed by atoms with Crippen LogP contribution in [0.1, 0.15) is 39.5 Å². The van der Waals surface area contributed by atoms with E-state index in [2.05, 4.69) is 19.2 Å². The number of ether oxygens (including phenoxy) is 1. The Morgan fingerprint density at radius 2 is 2.11 bits per heavy atom. The standard InChI is InChI=1S/C15H24N2O/c1-3-10-18-13-7-5-6-12(14(13)16)17-11-15(4-2)8-9-15/h5-7,17H,3-4,8-11,16H2,1-2H3. The van der Waals surface area contributed by atoms with Crippen molar-refractivity contribution in [2.45, 2.75) is 39.5 Å². The van der Waals surface area contributed by atoms with Gasteiger partial charge in [0.15, 0.2) is 0 Å². The van der Waals surface area contributed by atoms with E-state index in [4.69, 9.17) is 10.5 Å². The van der Waals surface area contributed by atoms with Crippen molar-refractivity contribution in [3.05, 3.63) is 18.2 Å². The number of nitrogens with one attached hydrogen (secondary N) is 1. The van der Waals surface area contributed by atoms with E-state index in [9.17, 15) is 0 Å². The van der Waals surface area contributed by atoms with Gasteiger partial charge in [-0.3, -0.25) is 0 Å². The average Bonchev–Trinajstić information content (AvgIpc) is 3.17. The normalized spacial score (nSPS) is 16.3. The Balaban J connectivity index is 1.99. The molecule has 0 aromatic heterocycles. The molecule has 100 valence electrons.